The lowest BCUT2D eigenvalue weighted by molar-refractivity contribution is -0.133. The summed E-state index contributed by atoms with van der Waals surface area (Å²) in [6.45, 7) is 6.33. The Labute approximate surface area is 194 Å². The Kier molecular flexibility index (Phi) is 6.09. The lowest BCUT2D eigenvalue weighted by Crippen LogP contribution is -2.47. The first kappa shape index (κ1) is 23.4. The molecule has 2 amide bonds. The van der Waals surface area contributed by atoms with Gasteiger partial charge in [0.2, 0.25) is 15.9 Å². The van der Waals surface area contributed by atoms with Gasteiger partial charge in [-0.15, -0.1) is 0 Å². The Morgan fingerprint density at radius 2 is 1.91 bits per heavy atom. The van der Waals surface area contributed by atoms with Crippen molar-refractivity contribution in [3.05, 3.63) is 36.2 Å². The number of carbonyl (C=O) groups is 2. The predicted molar refractivity (Wildman–Crippen MR) is 123 cm³/mol. The Hall–Kier alpha value is -2.72. The molecular formula is C23H30N4O5S. The summed E-state index contributed by atoms with van der Waals surface area (Å²) in [6, 6.07) is 4.90. The van der Waals surface area contributed by atoms with Gasteiger partial charge >= 0.3 is 6.09 Å². The van der Waals surface area contributed by atoms with Crippen LogP contribution in [0.3, 0.4) is 0 Å². The van der Waals surface area contributed by atoms with Crippen LogP contribution in [-0.4, -0.2) is 78.3 Å². The van der Waals surface area contributed by atoms with E-state index in [0.717, 1.165) is 10.8 Å². The molecule has 1 saturated heterocycles. The van der Waals surface area contributed by atoms with Crippen LogP contribution in [0.5, 0.6) is 0 Å². The quantitative estimate of drug-likeness (QED) is 0.664. The largest absolute Gasteiger partial charge is 0.444 e. The molecule has 9 nitrogen and oxygen atoms in total. The average molecular weight is 475 g/mol. The number of likely N-dealkylation sites (N-methyl/N-ethyl adjacent to an activating group) is 1. The number of pyridine rings is 1. The van der Waals surface area contributed by atoms with E-state index in [1.165, 1.54) is 16.3 Å². The molecular weight excluding hydrogens is 444 g/mol. The molecule has 3 heterocycles. The van der Waals surface area contributed by atoms with Crippen LogP contribution in [0.25, 0.3) is 10.8 Å². The molecule has 1 atom stereocenters. The maximum absolute atomic E-state index is 13.3. The zero-order chi connectivity index (χ0) is 24.0. The normalized spacial score (nSPS) is 20.5. The van der Waals surface area contributed by atoms with Crippen LogP contribution in [0.1, 0.15) is 45.2 Å². The summed E-state index contributed by atoms with van der Waals surface area (Å²) >= 11 is 0. The van der Waals surface area contributed by atoms with Crippen LogP contribution in [0.15, 0.2) is 35.5 Å². The molecule has 1 aromatic heterocycles. The summed E-state index contributed by atoms with van der Waals surface area (Å²) < 4.78 is 33.5. The Morgan fingerprint density at radius 1 is 1.18 bits per heavy atom. The smallest absolute Gasteiger partial charge is 0.410 e. The first-order valence-corrected chi connectivity index (χ1v) is 12.5. The summed E-state index contributed by atoms with van der Waals surface area (Å²) in [5, 5.41) is 1.67. The van der Waals surface area contributed by atoms with Crippen molar-refractivity contribution in [3.63, 3.8) is 0 Å². The van der Waals surface area contributed by atoms with E-state index in [-0.39, 0.29) is 19.0 Å². The number of carbonyl (C=O) groups excluding carboxylic acids is 2. The van der Waals surface area contributed by atoms with Crippen molar-refractivity contribution in [2.24, 2.45) is 0 Å². The highest BCUT2D eigenvalue weighted by atomic mass is 32.2. The van der Waals surface area contributed by atoms with Crippen molar-refractivity contribution in [2.75, 3.05) is 33.2 Å². The number of ether oxygens (including phenoxy) is 1. The minimum absolute atomic E-state index is 0.136. The number of benzene rings is 1. The maximum atomic E-state index is 13.3. The van der Waals surface area contributed by atoms with Crippen molar-refractivity contribution in [1.29, 1.82) is 0 Å². The third-order valence-corrected chi connectivity index (χ3v) is 7.91. The Balaban J connectivity index is 1.60. The van der Waals surface area contributed by atoms with E-state index in [1.54, 1.807) is 50.2 Å². The van der Waals surface area contributed by atoms with E-state index in [1.807, 2.05) is 6.07 Å². The molecule has 1 aromatic carbocycles. The molecule has 178 valence electrons. The fourth-order valence-electron chi connectivity index (χ4n) is 4.34. The highest BCUT2D eigenvalue weighted by Gasteiger charge is 2.44. The molecule has 10 heteroatoms. The second kappa shape index (κ2) is 8.57. The number of fused-ring (bicyclic) bond motifs is 4. The Morgan fingerprint density at radius 3 is 2.64 bits per heavy atom. The highest BCUT2D eigenvalue weighted by molar-refractivity contribution is 7.89. The van der Waals surface area contributed by atoms with Crippen LogP contribution >= 0.6 is 0 Å². The number of sulfonamides is 1. The zero-order valence-corrected chi connectivity index (χ0v) is 20.3. The van der Waals surface area contributed by atoms with Gasteiger partial charge in [-0.1, -0.05) is 0 Å². The molecule has 0 N–H and O–H groups in total. The molecule has 1 fully saturated rings. The van der Waals surface area contributed by atoms with Gasteiger partial charge in [0, 0.05) is 44.5 Å². The topological polar surface area (TPSA) is 100 Å². The third-order valence-electron chi connectivity index (χ3n) is 5.94. The van der Waals surface area contributed by atoms with E-state index in [2.05, 4.69) is 4.98 Å². The SMILES string of the molecule is CN(CC(=O)N1CCCCN2[C@@H](C1)c1cc3cnccc3cc1S2(=O)=O)C(=O)OC(C)(C)C. The van der Waals surface area contributed by atoms with Gasteiger partial charge in [-0.25, -0.2) is 13.2 Å². The fraction of sp³-hybridized carbons (Fsp3) is 0.522. The minimum Gasteiger partial charge on any atom is -0.444 e. The van der Waals surface area contributed by atoms with Gasteiger partial charge in [0.15, 0.2) is 0 Å². The van der Waals surface area contributed by atoms with Crippen LogP contribution in [-0.2, 0) is 19.6 Å². The summed E-state index contributed by atoms with van der Waals surface area (Å²) in [4.78, 5) is 32.8. The number of rotatable bonds is 2. The summed E-state index contributed by atoms with van der Waals surface area (Å²) in [5.74, 6) is -0.237. The van der Waals surface area contributed by atoms with Crippen LogP contribution < -0.4 is 0 Å². The number of hydrogen-bond donors (Lipinski definition) is 0. The second-order valence-electron chi connectivity index (χ2n) is 9.63. The van der Waals surface area contributed by atoms with Gasteiger partial charge in [-0.2, -0.15) is 4.31 Å². The van der Waals surface area contributed by atoms with E-state index in [4.69, 9.17) is 4.74 Å². The molecule has 0 saturated carbocycles. The maximum Gasteiger partial charge on any atom is 0.410 e. The summed E-state index contributed by atoms with van der Waals surface area (Å²) in [6.07, 6.45) is 4.12. The standard InChI is InChI=1S/C23H30N4O5S/c1-23(2,3)32-22(29)25(4)15-21(28)26-9-5-6-10-27-19(14-26)18-11-17-13-24-8-7-16(17)12-20(18)33(27,30)31/h7-8,11-13,19H,5-6,9-10,14-15H2,1-4H3/t19-/m0/s1. The third kappa shape index (κ3) is 4.67. The van der Waals surface area contributed by atoms with E-state index in [9.17, 15) is 18.0 Å². The molecule has 0 spiro atoms. The molecule has 2 aromatic rings. The fourth-order valence-corrected chi connectivity index (χ4v) is 6.24. The highest BCUT2D eigenvalue weighted by Crippen LogP contribution is 2.42. The Bertz CT molecular complexity index is 1190. The van der Waals surface area contributed by atoms with Gasteiger partial charge in [0.05, 0.1) is 10.9 Å². The van der Waals surface area contributed by atoms with Crippen LogP contribution in [0, 0.1) is 0 Å². The van der Waals surface area contributed by atoms with E-state index < -0.39 is 27.8 Å². The summed E-state index contributed by atoms with van der Waals surface area (Å²) in [5.41, 5.74) is 0.0327. The first-order valence-electron chi connectivity index (χ1n) is 11.1. The average Bonchev–Trinajstić information content (AvgIpc) is 2.89. The van der Waals surface area contributed by atoms with Crippen LogP contribution in [0.2, 0.25) is 0 Å². The number of nitrogens with zero attached hydrogens (tertiary/aromatic N) is 4. The zero-order valence-electron chi connectivity index (χ0n) is 19.4. The number of aromatic nitrogens is 1. The predicted octanol–water partition coefficient (Wildman–Crippen LogP) is 2.77. The molecule has 0 unspecified atom stereocenters. The van der Waals surface area contributed by atoms with Crippen molar-refractivity contribution >= 4 is 32.8 Å². The molecule has 0 radical (unpaired) electrons. The van der Waals surface area contributed by atoms with Gasteiger partial charge in [0.1, 0.15) is 12.1 Å². The van der Waals surface area contributed by atoms with Gasteiger partial charge in [0.25, 0.3) is 0 Å². The lowest BCUT2D eigenvalue weighted by Gasteiger charge is -2.34. The number of hydrogen-bond acceptors (Lipinski definition) is 6. The molecule has 0 bridgehead atoms. The van der Waals surface area contributed by atoms with Crippen molar-refractivity contribution < 1.29 is 22.7 Å². The second-order valence-corrected chi connectivity index (χ2v) is 11.5. The van der Waals surface area contributed by atoms with Crippen molar-refractivity contribution in [2.45, 2.75) is 50.2 Å². The molecule has 2 aliphatic rings. The van der Waals surface area contributed by atoms with Crippen molar-refractivity contribution in [3.8, 4) is 0 Å². The summed E-state index contributed by atoms with van der Waals surface area (Å²) in [7, 11) is -2.13. The first-order chi connectivity index (χ1) is 15.5. The van der Waals surface area contributed by atoms with Gasteiger partial charge < -0.3 is 14.5 Å². The molecule has 33 heavy (non-hydrogen) atoms. The monoisotopic (exact) mass is 474 g/mol. The van der Waals surface area contributed by atoms with Crippen molar-refractivity contribution in [1.82, 2.24) is 19.1 Å². The molecule has 0 aliphatic carbocycles. The molecule has 2 aliphatic heterocycles. The minimum atomic E-state index is -3.65. The number of amides is 2. The van der Waals surface area contributed by atoms with Gasteiger partial charge in [-0.05, 0) is 62.8 Å². The molecule has 4 rings (SSSR count). The lowest BCUT2D eigenvalue weighted by atomic mass is 10.0. The van der Waals surface area contributed by atoms with E-state index >= 15 is 0 Å². The van der Waals surface area contributed by atoms with E-state index in [0.29, 0.717) is 36.4 Å². The van der Waals surface area contributed by atoms with Gasteiger partial charge in [-0.3, -0.25) is 9.78 Å². The van der Waals surface area contributed by atoms with Crippen LogP contribution in [0.4, 0.5) is 4.79 Å².